The van der Waals surface area contributed by atoms with Crippen LogP contribution in [0.2, 0.25) is 18.1 Å². The molecule has 1 rings (SSSR count). The summed E-state index contributed by atoms with van der Waals surface area (Å²) in [7, 11) is -1.74. The summed E-state index contributed by atoms with van der Waals surface area (Å²) in [5.74, 6) is 2.57. The normalized spacial score (nSPS) is 29.6. The van der Waals surface area contributed by atoms with E-state index in [1.807, 2.05) is 0 Å². The molecule has 0 spiro atoms. The Kier molecular flexibility index (Phi) is 4.42. The molecule has 4 heteroatoms. The highest BCUT2D eigenvalue weighted by atomic mass is 28.4. The van der Waals surface area contributed by atoms with Gasteiger partial charge in [0.2, 0.25) is 0 Å². The molecule has 1 fully saturated rings. The average Bonchev–Trinajstić information content (AvgIpc) is 2.15. The van der Waals surface area contributed by atoms with Crippen LogP contribution in [0.1, 0.15) is 20.8 Å². The summed E-state index contributed by atoms with van der Waals surface area (Å²) in [4.78, 5) is 0. The van der Waals surface area contributed by atoms with E-state index in [0.717, 1.165) is 0 Å². The molecule has 3 atom stereocenters. The van der Waals surface area contributed by atoms with E-state index in [0.29, 0.717) is 6.61 Å². The first kappa shape index (κ1) is 14.7. The van der Waals surface area contributed by atoms with Crippen molar-refractivity contribution in [2.24, 2.45) is 5.92 Å². The van der Waals surface area contributed by atoms with Crippen molar-refractivity contribution in [1.29, 1.82) is 0 Å². The maximum atomic E-state index is 9.23. The van der Waals surface area contributed by atoms with Gasteiger partial charge in [-0.2, -0.15) is 0 Å². The van der Waals surface area contributed by atoms with Crippen molar-refractivity contribution in [1.82, 2.24) is 0 Å². The molecule has 0 saturated carbocycles. The summed E-state index contributed by atoms with van der Waals surface area (Å²) >= 11 is 0. The van der Waals surface area contributed by atoms with Crippen LogP contribution in [0, 0.1) is 18.3 Å². The Balaban J connectivity index is 2.46. The highest BCUT2D eigenvalue weighted by Gasteiger charge is 2.44. The second-order valence-electron chi connectivity index (χ2n) is 6.18. The van der Waals surface area contributed by atoms with Gasteiger partial charge in [0, 0.05) is 5.92 Å². The van der Waals surface area contributed by atoms with E-state index in [4.69, 9.17) is 15.6 Å². The van der Waals surface area contributed by atoms with Crippen molar-refractivity contribution in [3.05, 3.63) is 0 Å². The van der Waals surface area contributed by atoms with Crippen LogP contribution in [-0.2, 0) is 9.16 Å². The van der Waals surface area contributed by atoms with E-state index in [9.17, 15) is 5.11 Å². The molecule has 1 aliphatic heterocycles. The maximum Gasteiger partial charge on any atom is 0.192 e. The third-order valence-electron chi connectivity index (χ3n) is 3.98. The molecular weight excluding hydrogens is 232 g/mol. The molecule has 0 amide bonds. The number of aliphatic hydroxyl groups excluding tert-OH is 1. The number of hydrogen-bond acceptors (Lipinski definition) is 3. The van der Waals surface area contributed by atoms with Gasteiger partial charge in [-0.25, -0.2) is 0 Å². The quantitative estimate of drug-likeness (QED) is 0.618. The Morgan fingerprint density at radius 2 is 2.00 bits per heavy atom. The van der Waals surface area contributed by atoms with E-state index in [1.54, 1.807) is 0 Å². The maximum absolute atomic E-state index is 9.23. The molecule has 0 aromatic carbocycles. The Labute approximate surface area is 106 Å². The van der Waals surface area contributed by atoms with Gasteiger partial charge in [-0.15, -0.1) is 6.42 Å². The van der Waals surface area contributed by atoms with E-state index in [1.165, 1.54) is 0 Å². The monoisotopic (exact) mass is 256 g/mol. The number of aliphatic hydroxyl groups is 1. The second-order valence-corrected chi connectivity index (χ2v) is 11.0. The molecule has 0 unspecified atom stereocenters. The van der Waals surface area contributed by atoms with Crippen molar-refractivity contribution in [3.8, 4) is 12.3 Å². The van der Waals surface area contributed by atoms with E-state index in [-0.39, 0.29) is 29.8 Å². The van der Waals surface area contributed by atoms with E-state index in [2.05, 4.69) is 39.8 Å². The number of ether oxygens (including phenoxy) is 1. The SMILES string of the molecule is C#C[C@H]1O[C@@H](CO[Si](C)(C)C(C)(C)C)[C@@H]1CO. The minimum absolute atomic E-state index is 0.0322. The lowest BCUT2D eigenvalue weighted by Crippen LogP contribution is -2.54. The van der Waals surface area contributed by atoms with Gasteiger partial charge in [0.25, 0.3) is 0 Å². The summed E-state index contributed by atoms with van der Waals surface area (Å²) < 4.78 is 11.6. The van der Waals surface area contributed by atoms with Crippen LogP contribution < -0.4 is 0 Å². The van der Waals surface area contributed by atoms with Crippen molar-refractivity contribution in [3.63, 3.8) is 0 Å². The van der Waals surface area contributed by atoms with Crippen molar-refractivity contribution < 1.29 is 14.3 Å². The average molecular weight is 256 g/mol. The number of terminal acetylenes is 1. The molecule has 0 aromatic heterocycles. The lowest BCUT2D eigenvalue weighted by atomic mass is 9.91. The fourth-order valence-electron chi connectivity index (χ4n) is 1.54. The Morgan fingerprint density at radius 1 is 1.41 bits per heavy atom. The van der Waals surface area contributed by atoms with Gasteiger partial charge in [0.15, 0.2) is 8.32 Å². The molecule has 0 bridgehead atoms. The first-order valence-corrected chi connectivity index (χ1v) is 9.00. The first-order chi connectivity index (χ1) is 7.73. The Bertz CT molecular complexity index is 301. The Morgan fingerprint density at radius 3 is 2.41 bits per heavy atom. The van der Waals surface area contributed by atoms with Gasteiger partial charge in [0.1, 0.15) is 6.10 Å². The zero-order valence-corrected chi connectivity index (χ0v) is 12.5. The fourth-order valence-corrected chi connectivity index (χ4v) is 2.56. The third kappa shape index (κ3) is 3.11. The predicted molar refractivity (Wildman–Crippen MR) is 71.2 cm³/mol. The zero-order chi connectivity index (χ0) is 13.3. The van der Waals surface area contributed by atoms with Gasteiger partial charge in [-0.3, -0.25) is 0 Å². The second kappa shape index (κ2) is 5.11. The highest BCUT2D eigenvalue weighted by molar-refractivity contribution is 6.74. The van der Waals surface area contributed by atoms with Gasteiger partial charge in [-0.1, -0.05) is 26.7 Å². The number of hydrogen-bond donors (Lipinski definition) is 1. The fraction of sp³-hybridized carbons (Fsp3) is 0.846. The van der Waals surface area contributed by atoms with Crippen molar-refractivity contribution in [2.75, 3.05) is 13.2 Å². The molecule has 17 heavy (non-hydrogen) atoms. The predicted octanol–water partition coefficient (Wildman–Crippen LogP) is 2.02. The van der Waals surface area contributed by atoms with Crippen LogP contribution in [-0.4, -0.2) is 38.8 Å². The van der Waals surface area contributed by atoms with Crippen LogP contribution >= 0.6 is 0 Å². The Hall–Kier alpha value is -0.343. The van der Waals surface area contributed by atoms with Crippen molar-refractivity contribution in [2.45, 2.75) is 51.1 Å². The van der Waals surface area contributed by atoms with Crippen LogP contribution in [0.3, 0.4) is 0 Å². The molecule has 98 valence electrons. The van der Waals surface area contributed by atoms with Crippen LogP contribution in [0.15, 0.2) is 0 Å². The molecule has 0 radical (unpaired) electrons. The minimum Gasteiger partial charge on any atom is -0.414 e. The van der Waals surface area contributed by atoms with Gasteiger partial charge in [0.05, 0.1) is 19.3 Å². The molecule has 1 aliphatic rings. The standard InChI is InChI=1S/C13H24O3Si/c1-7-11-10(8-14)12(16-11)9-15-17(5,6)13(2,3)4/h1,10-12,14H,8-9H2,2-6H3/t10-,11-,12+/m1/s1. The van der Waals surface area contributed by atoms with Gasteiger partial charge >= 0.3 is 0 Å². The van der Waals surface area contributed by atoms with Crippen LogP contribution in [0.5, 0.6) is 0 Å². The van der Waals surface area contributed by atoms with Gasteiger partial charge < -0.3 is 14.3 Å². The minimum atomic E-state index is -1.74. The van der Waals surface area contributed by atoms with Gasteiger partial charge in [-0.05, 0) is 18.1 Å². The summed E-state index contributed by atoms with van der Waals surface area (Å²) in [6, 6.07) is 0. The topological polar surface area (TPSA) is 38.7 Å². The highest BCUT2D eigenvalue weighted by Crippen LogP contribution is 2.38. The van der Waals surface area contributed by atoms with Crippen molar-refractivity contribution >= 4 is 8.32 Å². The van der Waals surface area contributed by atoms with E-state index < -0.39 is 8.32 Å². The summed E-state index contributed by atoms with van der Waals surface area (Å²) in [6.45, 7) is 11.6. The number of rotatable bonds is 4. The summed E-state index contributed by atoms with van der Waals surface area (Å²) in [5.41, 5.74) is 0. The summed E-state index contributed by atoms with van der Waals surface area (Å²) in [6.07, 6.45) is 5.01. The molecule has 1 heterocycles. The first-order valence-electron chi connectivity index (χ1n) is 6.09. The largest absolute Gasteiger partial charge is 0.414 e. The molecule has 1 N–H and O–H groups in total. The lowest BCUT2D eigenvalue weighted by molar-refractivity contribution is -0.181. The van der Waals surface area contributed by atoms with E-state index >= 15 is 0 Å². The summed E-state index contributed by atoms with van der Waals surface area (Å²) in [5, 5.41) is 9.42. The smallest absolute Gasteiger partial charge is 0.192 e. The molecule has 1 saturated heterocycles. The zero-order valence-electron chi connectivity index (χ0n) is 11.5. The van der Waals surface area contributed by atoms with Crippen LogP contribution in [0.4, 0.5) is 0 Å². The molecule has 0 aliphatic carbocycles. The third-order valence-corrected chi connectivity index (χ3v) is 8.48. The molecule has 3 nitrogen and oxygen atoms in total. The van der Waals surface area contributed by atoms with Crippen LogP contribution in [0.25, 0.3) is 0 Å². The lowest BCUT2D eigenvalue weighted by Gasteiger charge is -2.44. The molecular formula is C13H24O3Si. The molecule has 0 aromatic rings.